The predicted octanol–water partition coefficient (Wildman–Crippen LogP) is 3.27. The zero-order valence-electron chi connectivity index (χ0n) is 24.7. The second-order valence-corrected chi connectivity index (χ2v) is 7.85. The van der Waals surface area contributed by atoms with E-state index < -0.39 is 43.2 Å². The van der Waals surface area contributed by atoms with Crippen LogP contribution in [0.25, 0.3) is 0 Å². The summed E-state index contributed by atoms with van der Waals surface area (Å²) >= 11 is 11.7. The van der Waals surface area contributed by atoms with Crippen molar-refractivity contribution in [2.45, 2.75) is 31.8 Å². The lowest BCUT2D eigenvalue weighted by Gasteiger charge is -2.23. The fraction of sp³-hybridized carbons (Fsp3) is 0.417. The Hall–Kier alpha value is -2.35. The minimum absolute atomic E-state index is 0.00926. The molecule has 0 aliphatic rings. The Balaban J connectivity index is 2.23. The van der Waals surface area contributed by atoms with Crippen LogP contribution in [0.1, 0.15) is 27.6 Å². The minimum Gasteiger partial charge on any atom is -0.464 e. The molecule has 0 aliphatic heterocycles. The molecule has 6 nitrogen and oxygen atoms in total. The maximum Gasteiger partial charge on any atom is 0.328 e. The van der Waals surface area contributed by atoms with Crippen molar-refractivity contribution in [3.8, 4) is 0 Å². The molecule has 0 bridgehead atoms. The van der Waals surface area contributed by atoms with Crippen molar-refractivity contribution in [2.24, 2.45) is 5.73 Å². The average Bonchev–Trinajstić information content (AvgIpc) is 2.83. The highest BCUT2D eigenvalue weighted by Crippen LogP contribution is 2.16. The van der Waals surface area contributed by atoms with E-state index in [2.05, 4.69) is 10.1 Å². The molecule has 0 spiro atoms. The van der Waals surface area contributed by atoms with Gasteiger partial charge in [0.2, 0.25) is 5.91 Å². The van der Waals surface area contributed by atoms with Crippen molar-refractivity contribution in [2.75, 3.05) is 36.3 Å². The van der Waals surface area contributed by atoms with E-state index in [-0.39, 0.29) is 36.7 Å². The van der Waals surface area contributed by atoms with Crippen LogP contribution in [0, 0.1) is 5.82 Å². The largest absolute Gasteiger partial charge is 0.464 e. The first-order valence-corrected chi connectivity index (χ1v) is 11.2. The molecule has 0 saturated heterocycles. The summed E-state index contributed by atoms with van der Waals surface area (Å²) in [7, 11) is 0. The van der Waals surface area contributed by atoms with Gasteiger partial charge >= 0.3 is 5.97 Å². The zero-order chi connectivity index (χ0) is 30.3. The number of anilines is 1. The molecule has 0 aromatic heterocycles. The number of carbonyl (C=O) groups excluding carboxylic acids is 2. The lowest BCUT2D eigenvalue weighted by Crippen LogP contribution is -2.50. The standard InChI is InChI=1S/C24H30Cl2FN3O3/c1-2-33-24(32)22(16-18-3-7-19(27)8-4-18)29-23(31)21(28)15-17-5-9-20(10-6-17)30(13-11-25)14-12-26/h3-10,21-22H,2,11-16,28H2,1H3,(H,29,31)/t21-,22-/m0/s1/i1D3,2D2,9D,10D. The smallest absolute Gasteiger partial charge is 0.328 e. The van der Waals surface area contributed by atoms with Gasteiger partial charge in [-0.2, -0.15) is 0 Å². The molecular formula is C24H30Cl2FN3O3. The summed E-state index contributed by atoms with van der Waals surface area (Å²) in [6.45, 7) is -5.88. The molecule has 33 heavy (non-hydrogen) atoms. The summed E-state index contributed by atoms with van der Waals surface area (Å²) in [6, 6.07) is 5.01. The molecule has 1 amide bonds. The maximum atomic E-state index is 13.3. The van der Waals surface area contributed by atoms with E-state index in [4.69, 9.17) is 38.5 Å². The minimum atomic E-state index is -3.34. The molecular weight excluding hydrogens is 468 g/mol. The summed E-state index contributed by atoms with van der Waals surface area (Å²) in [5, 5.41) is 2.35. The molecule has 2 atom stereocenters. The van der Waals surface area contributed by atoms with Crippen molar-refractivity contribution in [3.05, 3.63) is 65.4 Å². The first kappa shape index (κ1) is 18.0. The molecule has 0 aliphatic carbocycles. The van der Waals surface area contributed by atoms with E-state index in [9.17, 15) is 14.0 Å². The highest BCUT2D eigenvalue weighted by atomic mass is 35.5. The van der Waals surface area contributed by atoms with Crippen LogP contribution in [-0.4, -0.2) is 55.4 Å². The number of amides is 1. The fourth-order valence-corrected chi connectivity index (χ4v) is 3.45. The number of nitrogens with one attached hydrogen (secondary N) is 1. The van der Waals surface area contributed by atoms with Gasteiger partial charge in [-0.15, -0.1) is 23.2 Å². The summed E-state index contributed by atoms with van der Waals surface area (Å²) in [4.78, 5) is 27.4. The Morgan fingerprint density at radius 3 is 2.33 bits per heavy atom. The normalized spacial score (nSPS) is 16.5. The van der Waals surface area contributed by atoms with Gasteiger partial charge in [-0.1, -0.05) is 24.3 Å². The number of nitrogens with zero attached hydrogens (tertiary/aromatic N) is 1. The third-order valence-corrected chi connectivity index (χ3v) is 5.05. The van der Waals surface area contributed by atoms with E-state index in [1.807, 2.05) is 0 Å². The van der Waals surface area contributed by atoms with Gasteiger partial charge in [0.15, 0.2) is 0 Å². The van der Waals surface area contributed by atoms with Crippen LogP contribution in [0.2, 0.25) is 0 Å². The molecule has 0 heterocycles. The molecule has 9 heteroatoms. The lowest BCUT2D eigenvalue weighted by molar-refractivity contribution is -0.147. The Labute approximate surface area is 214 Å². The number of hydrogen-bond acceptors (Lipinski definition) is 5. The van der Waals surface area contributed by atoms with Crippen molar-refractivity contribution in [3.63, 3.8) is 0 Å². The fourth-order valence-electron chi connectivity index (χ4n) is 3.04. The number of benzene rings is 2. The summed E-state index contributed by atoms with van der Waals surface area (Å²) in [5.74, 6) is -2.24. The first-order chi connectivity index (χ1) is 18.6. The van der Waals surface area contributed by atoms with Crippen molar-refractivity contribution in [1.82, 2.24) is 5.32 Å². The first-order valence-electron chi connectivity index (χ1n) is 13.6. The predicted molar refractivity (Wildman–Crippen MR) is 130 cm³/mol. The van der Waals surface area contributed by atoms with E-state index in [1.165, 1.54) is 24.3 Å². The van der Waals surface area contributed by atoms with Crippen LogP contribution in [0.4, 0.5) is 10.1 Å². The Morgan fingerprint density at radius 1 is 1.15 bits per heavy atom. The maximum absolute atomic E-state index is 13.3. The number of carbonyl (C=O) groups is 2. The van der Waals surface area contributed by atoms with Gasteiger partial charge < -0.3 is 20.7 Å². The number of halogens is 3. The van der Waals surface area contributed by atoms with Crippen LogP contribution in [0.5, 0.6) is 0 Å². The lowest BCUT2D eigenvalue weighted by atomic mass is 10.0. The molecule has 2 aromatic carbocycles. The highest BCUT2D eigenvalue weighted by Gasteiger charge is 2.25. The molecule has 180 valence electrons. The summed E-state index contributed by atoms with van der Waals surface area (Å²) < 4.78 is 71.6. The van der Waals surface area contributed by atoms with Crippen molar-refractivity contribution >= 4 is 40.8 Å². The number of hydrogen-bond donors (Lipinski definition) is 2. The number of esters is 1. The third-order valence-electron chi connectivity index (χ3n) is 4.71. The molecule has 0 radical (unpaired) electrons. The summed E-state index contributed by atoms with van der Waals surface area (Å²) in [5.41, 5.74) is 7.15. The van der Waals surface area contributed by atoms with Gasteiger partial charge in [0.05, 0.1) is 18.1 Å². The van der Waals surface area contributed by atoms with E-state index in [0.29, 0.717) is 29.9 Å². The van der Waals surface area contributed by atoms with Crippen molar-refractivity contribution in [1.29, 1.82) is 0 Å². The average molecular weight is 505 g/mol. The van der Waals surface area contributed by atoms with Crippen LogP contribution >= 0.6 is 23.2 Å². The van der Waals surface area contributed by atoms with Gasteiger partial charge in [0.25, 0.3) is 0 Å². The van der Waals surface area contributed by atoms with E-state index in [1.54, 1.807) is 4.90 Å². The zero-order valence-corrected chi connectivity index (χ0v) is 19.3. The van der Waals surface area contributed by atoms with E-state index >= 15 is 0 Å². The van der Waals surface area contributed by atoms with Crippen LogP contribution < -0.4 is 16.0 Å². The SMILES string of the molecule is [2H]c1cc(C[C@H](N)C(=O)N[C@@H](Cc2ccc(F)cc2)C(=O)OC([2H])([2H])C([2H])([2H])[2H])cc([2H])c1N(CCCl)CCCl. The van der Waals surface area contributed by atoms with Crippen LogP contribution in [0.15, 0.2) is 48.5 Å². The second kappa shape index (κ2) is 14.0. The molecule has 2 rings (SSSR count). The number of rotatable bonds is 13. The topological polar surface area (TPSA) is 84.7 Å². The molecule has 2 aromatic rings. The molecule has 0 unspecified atom stereocenters. The quantitative estimate of drug-likeness (QED) is 0.323. The van der Waals surface area contributed by atoms with Gasteiger partial charge in [-0.25, -0.2) is 9.18 Å². The number of ether oxygens (including phenoxy) is 1. The summed E-state index contributed by atoms with van der Waals surface area (Å²) in [6.07, 6.45) is -0.392. The van der Waals surface area contributed by atoms with E-state index in [0.717, 1.165) is 12.1 Å². The van der Waals surface area contributed by atoms with Crippen molar-refractivity contribution < 1.29 is 28.3 Å². The highest BCUT2D eigenvalue weighted by molar-refractivity contribution is 6.18. The third kappa shape index (κ3) is 8.84. The number of alkyl halides is 2. The second-order valence-electron chi connectivity index (χ2n) is 7.09. The van der Waals surface area contributed by atoms with Gasteiger partial charge in [-0.3, -0.25) is 4.79 Å². The number of nitrogens with two attached hydrogens (primary N) is 1. The molecule has 0 saturated carbocycles. The Morgan fingerprint density at radius 2 is 1.76 bits per heavy atom. The molecule has 3 N–H and O–H groups in total. The van der Waals surface area contributed by atoms with Gasteiger partial charge in [0.1, 0.15) is 11.9 Å². The monoisotopic (exact) mass is 504 g/mol. The van der Waals surface area contributed by atoms with Crippen LogP contribution in [0.3, 0.4) is 0 Å². The Bertz CT molecular complexity index is 1140. The van der Waals surface area contributed by atoms with Gasteiger partial charge in [0, 0.05) is 41.1 Å². The van der Waals surface area contributed by atoms with Crippen LogP contribution in [-0.2, 0) is 27.2 Å². The van der Waals surface area contributed by atoms with Gasteiger partial charge in [-0.05, 0) is 48.6 Å². The molecule has 0 fully saturated rings. The Kier molecular flexibility index (Phi) is 7.67.